The van der Waals surface area contributed by atoms with E-state index in [0.29, 0.717) is 12.1 Å². The van der Waals surface area contributed by atoms with Crippen LogP contribution in [0.5, 0.6) is 0 Å². The average molecular weight is 343 g/mol. The van der Waals surface area contributed by atoms with Crippen molar-refractivity contribution < 1.29 is 18.9 Å². The van der Waals surface area contributed by atoms with Gasteiger partial charge in [-0.05, 0) is 23.8 Å². The number of carbonyl (C=O) groups excluding carboxylic acids is 2. The van der Waals surface area contributed by atoms with Gasteiger partial charge in [-0.2, -0.15) is 0 Å². The number of nitrogens with one attached hydrogen (secondary N) is 1. The maximum absolute atomic E-state index is 13.2. The lowest BCUT2D eigenvalue weighted by Crippen LogP contribution is -2.44. The molecule has 0 saturated heterocycles. The standard InChI is InChI=1S/C17H14FN3O4/c1-10(22)20-14-5-3-2-4-11(14)8-16(20)17(23)19-13-7-6-12(18)9-15(13)21(24)25/h2-7,9,16H,8H2,1H3,(H,19,23)/t16-/m0/s1. The minimum atomic E-state index is -0.820. The Morgan fingerprint density at radius 3 is 2.68 bits per heavy atom. The van der Waals surface area contributed by atoms with Crippen LogP contribution in [0, 0.1) is 15.9 Å². The zero-order valence-corrected chi connectivity index (χ0v) is 13.2. The zero-order chi connectivity index (χ0) is 18.1. The molecule has 1 heterocycles. The van der Waals surface area contributed by atoms with Crippen molar-refractivity contribution in [3.05, 3.63) is 64.0 Å². The summed E-state index contributed by atoms with van der Waals surface area (Å²) in [4.78, 5) is 36.3. The second-order valence-electron chi connectivity index (χ2n) is 5.65. The van der Waals surface area contributed by atoms with Crippen molar-refractivity contribution in [1.29, 1.82) is 0 Å². The van der Waals surface area contributed by atoms with Crippen molar-refractivity contribution in [2.45, 2.75) is 19.4 Å². The average Bonchev–Trinajstić information content (AvgIpc) is 2.96. The molecule has 128 valence electrons. The van der Waals surface area contributed by atoms with Crippen molar-refractivity contribution >= 4 is 28.9 Å². The molecule has 8 heteroatoms. The first-order valence-electron chi connectivity index (χ1n) is 7.51. The summed E-state index contributed by atoms with van der Waals surface area (Å²) < 4.78 is 13.2. The van der Waals surface area contributed by atoms with Gasteiger partial charge in [-0.25, -0.2) is 4.39 Å². The summed E-state index contributed by atoms with van der Waals surface area (Å²) in [6.07, 6.45) is 0.302. The van der Waals surface area contributed by atoms with Gasteiger partial charge in [-0.15, -0.1) is 0 Å². The molecule has 25 heavy (non-hydrogen) atoms. The summed E-state index contributed by atoms with van der Waals surface area (Å²) in [6.45, 7) is 1.35. The van der Waals surface area contributed by atoms with Gasteiger partial charge in [-0.1, -0.05) is 18.2 Å². The van der Waals surface area contributed by atoms with E-state index < -0.39 is 28.4 Å². The lowest BCUT2D eigenvalue weighted by molar-refractivity contribution is -0.384. The maximum Gasteiger partial charge on any atom is 0.295 e. The Bertz CT molecular complexity index is 884. The normalized spacial score (nSPS) is 15.6. The highest BCUT2D eigenvalue weighted by Gasteiger charge is 2.37. The molecule has 0 spiro atoms. The van der Waals surface area contributed by atoms with E-state index in [1.54, 1.807) is 12.1 Å². The summed E-state index contributed by atoms with van der Waals surface area (Å²) in [5, 5.41) is 13.5. The number of nitro benzene ring substituents is 1. The molecule has 0 unspecified atom stereocenters. The van der Waals surface area contributed by atoms with Gasteiger partial charge in [0.25, 0.3) is 5.69 Å². The number of hydrogen-bond donors (Lipinski definition) is 1. The predicted molar refractivity (Wildman–Crippen MR) is 88.8 cm³/mol. The topological polar surface area (TPSA) is 92.6 Å². The number of nitro groups is 1. The van der Waals surface area contributed by atoms with Gasteiger partial charge in [-0.3, -0.25) is 24.6 Å². The molecule has 0 fully saturated rings. The second-order valence-corrected chi connectivity index (χ2v) is 5.65. The first kappa shape index (κ1) is 16.6. The summed E-state index contributed by atoms with van der Waals surface area (Å²) in [5.41, 5.74) is 0.823. The number of carbonyl (C=O) groups is 2. The lowest BCUT2D eigenvalue weighted by atomic mass is 10.1. The molecule has 0 aromatic heterocycles. The van der Waals surface area contributed by atoms with Gasteiger partial charge < -0.3 is 5.32 Å². The fourth-order valence-electron chi connectivity index (χ4n) is 2.96. The summed E-state index contributed by atoms with van der Waals surface area (Å²) >= 11 is 0. The number of amides is 2. The molecule has 1 atom stereocenters. The first-order valence-corrected chi connectivity index (χ1v) is 7.51. The number of para-hydroxylation sites is 1. The molecule has 1 N–H and O–H groups in total. The Kier molecular flexibility index (Phi) is 4.18. The van der Waals surface area contributed by atoms with Crippen LogP contribution in [-0.4, -0.2) is 22.8 Å². The number of anilines is 2. The van der Waals surface area contributed by atoms with E-state index in [0.717, 1.165) is 23.8 Å². The van der Waals surface area contributed by atoms with Crippen molar-refractivity contribution in [3.8, 4) is 0 Å². The zero-order valence-electron chi connectivity index (χ0n) is 13.2. The molecule has 2 aromatic carbocycles. The van der Waals surface area contributed by atoms with Gasteiger partial charge in [0, 0.05) is 19.0 Å². The molecule has 0 radical (unpaired) electrons. The van der Waals surface area contributed by atoms with E-state index in [1.807, 2.05) is 12.1 Å². The first-order chi connectivity index (χ1) is 11.9. The third-order valence-electron chi connectivity index (χ3n) is 4.03. The monoisotopic (exact) mass is 343 g/mol. The van der Waals surface area contributed by atoms with E-state index in [2.05, 4.69) is 5.32 Å². The Hall–Kier alpha value is -3.29. The number of hydrogen-bond acceptors (Lipinski definition) is 4. The van der Waals surface area contributed by atoms with Crippen LogP contribution >= 0.6 is 0 Å². The Morgan fingerprint density at radius 1 is 1.28 bits per heavy atom. The number of fused-ring (bicyclic) bond motifs is 1. The smallest absolute Gasteiger partial charge is 0.295 e. The number of nitrogens with zero attached hydrogens (tertiary/aromatic N) is 2. The number of benzene rings is 2. The SMILES string of the molecule is CC(=O)N1c2ccccc2C[C@H]1C(=O)Nc1ccc(F)cc1[N+](=O)[O-]. The second kappa shape index (κ2) is 6.31. The van der Waals surface area contributed by atoms with Crippen LogP contribution in [0.2, 0.25) is 0 Å². The summed E-state index contributed by atoms with van der Waals surface area (Å²) in [6, 6.07) is 9.20. The minimum Gasteiger partial charge on any atom is -0.319 e. The van der Waals surface area contributed by atoms with Crippen LogP contribution < -0.4 is 10.2 Å². The van der Waals surface area contributed by atoms with Crippen molar-refractivity contribution in [1.82, 2.24) is 0 Å². The minimum absolute atomic E-state index is 0.115. The largest absolute Gasteiger partial charge is 0.319 e. The molecular weight excluding hydrogens is 329 g/mol. The van der Waals surface area contributed by atoms with Gasteiger partial charge in [0.1, 0.15) is 17.5 Å². The van der Waals surface area contributed by atoms with E-state index in [9.17, 15) is 24.1 Å². The summed E-state index contributed by atoms with van der Waals surface area (Å²) in [5.74, 6) is -1.65. The molecule has 2 aromatic rings. The fourth-order valence-corrected chi connectivity index (χ4v) is 2.96. The van der Waals surface area contributed by atoms with E-state index in [1.165, 1.54) is 11.8 Å². The van der Waals surface area contributed by atoms with Crippen LogP contribution in [0.15, 0.2) is 42.5 Å². The Balaban J connectivity index is 1.90. The molecule has 1 aliphatic heterocycles. The van der Waals surface area contributed by atoms with Gasteiger partial charge >= 0.3 is 0 Å². The van der Waals surface area contributed by atoms with Crippen molar-refractivity contribution in [3.63, 3.8) is 0 Å². The van der Waals surface area contributed by atoms with E-state index in [-0.39, 0.29) is 11.6 Å². The molecule has 0 bridgehead atoms. The molecule has 0 saturated carbocycles. The predicted octanol–water partition coefficient (Wildman–Crippen LogP) is 2.65. The van der Waals surface area contributed by atoms with Crippen LogP contribution in [0.4, 0.5) is 21.5 Å². The molecule has 7 nitrogen and oxygen atoms in total. The van der Waals surface area contributed by atoms with Gasteiger partial charge in [0.15, 0.2) is 0 Å². The highest BCUT2D eigenvalue weighted by molar-refractivity contribution is 6.07. The van der Waals surface area contributed by atoms with E-state index in [4.69, 9.17) is 0 Å². The number of rotatable bonds is 3. The Labute approximate surface area is 142 Å². The third-order valence-corrected chi connectivity index (χ3v) is 4.03. The summed E-state index contributed by atoms with van der Waals surface area (Å²) in [7, 11) is 0. The van der Waals surface area contributed by atoms with Gasteiger partial charge in [0.05, 0.1) is 11.0 Å². The molecule has 2 amide bonds. The van der Waals surface area contributed by atoms with Crippen molar-refractivity contribution in [2.24, 2.45) is 0 Å². The number of halogens is 1. The van der Waals surface area contributed by atoms with Crippen LogP contribution in [0.3, 0.4) is 0 Å². The lowest BCUT2D eigenvalue weighted by Gasteiger charge is -2.23. The maximum atomic E-state index is 13.2. The molecule has 0 aliphatic carbocycles. The van der Waals surface area contributed by atoms with Crippen molar-refractivity contribution in [2.75, 3.05) is 10.2 Å². The van der Waals surface area contributed by atoms with Crippen LogP contribution in [0.1, 0.15) is 12.5 Å². The molecule has 3 rings (SSSR count). The molecule has 1 aliphatic rings. The van der Waals surface area contributed by atoms with Crippen LogP contribution in [0.25, 0.3) is 0 Å². The third kappa shape index (κ3) is 3.06. The van der Waals surface area contributed by atoms with E-state index >= 15 is 0 Å². The fraction of sp³-hybridized carbons (Fsp3) is 0.176. The highest BCUT2D eigenvalue weighted by atomic mass is 19.1. The molecular formula is C17H14FN3O4. The quantitative estimate of drug-likeness (QED) is 0.685. The van der Waals surface area contributed by atoms with Gasteiger partial charge in [0.2, 0.25) is 11.8 Å². The Morgan fingerprint density at radius 2 is 2.00 bits per heavy atom. The highest BCUT2D eigenvalue weighted by Crippen LogP contribution is 2.33. The van der Waals surface area contributed by atoms with Crippen LogP contribution in [-0.2, 0) is 16.0 Å².